The van der Waals surface area contributed by atoms with Crippen molar-refractivity contribution >= 4 is 34.6 Å². The van der Waals surface area contributed by atoms with Crippen molar-refractivity contribution in [3.05, 3.63) is 64.0 Å². The maximum atomic E-state index is 13.1. The van der Waals surface area contributed by atoms with Gasteiger partial charge in [-0.1, -0.05) is 23.8 Å². The highest BCUT2D eigenvalue weighted by Gasteiger charge is 2.42. The molecule has 3 aromatic rings. The third kappa shape index (κ3) is 5.47. The number of piperazine rings is 1. The van der Waals surface area contributed by atoms with Crippen molar-refractivity contribution in [1.29, 1.82) is 0 Å². The predicted octanol–water partition coefficient (Wildman–Crippen LogP) is 4.58. The molecule has 2 amide bonds. The Balaban J connectivity index is 1.15. The minimum absolute atomic E-state index is 0.0389. The molecule has 2 bridgehead atoms. The van der Waals surface area contributed by atoms with Crippen LogP contribution in [0.25, 0.3) is 11.3 Å². The Kier molecular flexibility index (Phi) is 7.55. The zero-order valence-electron chi connectivity index (χ0n) is 23.8. The Labute approximate surface area is 244 Å². The molecule has 1 aromatic heterocycles. The molecule has 3 aliphatic rings. The second-order valence-corrected chi connectivity index (χ2v) is 12.5. The summed E-state index contributed by atoms with van der Waals surface area (Å²) in [6.45, 7) is 7.35. The van der Waals surface area contributed by atoms with Crippen molar-refractivity contribution in [2.75, 3.05) is 44.7 Å². The van der Waals surface area contributed by atoms with Crippen LogP contribution in [0.3, 0.4) is 0 Å². The first kappa shape index (κ1) is 27.4. The summed E-state index contributed by atoms with van der Waals surface area (Å²) >= 11 is 1.65. The number of fused-ring (bicyclic) bond motifs is 2. The van der Waals surface area contributed by atoms with E-state index in [0.717, 1.165) is 64.8 Å². The summed E-state index contributed by atoms with van der Waals surface area (Å²) in [6, 6.07) is 11.9. The summed E-state index contributed by atoms with van der Waals surface area (Å²) in [4.78, 5) is 47.4. The molecule has 3 fully saturated rings. The molecule has 214 valence electrons. The number of hydrogen-bond donors (Lipinski definition) is 0. The van der Waals surface area contributed by atoms with Crippen LogP contribution in [0.2, 0.25) is 0 Å². The van der Waals surface area contributed by atoms with Crippen LogP contribution in [-0.2, 0) is 16.2 Å². The lowest BCUT2D eigenvalue weighted by atomic mass is 9.87. The molecule has 0 radical (unpaired) electrons. The van der Waals surface area contributed by atoms with E-state index in [1.807, 2.05) is 37.3 Å². The number of nitrogens with zero attached hydrogens (tertiary/aromatic N) is 4. The summed E-state index contributed by atoms with van der Waals surface area (Å²) in [5, 5.41) is 3.10. The Morgan fingerprint density at radius 3 is 2.59 bits per heavy atom. The summed E-state index contributed by atoms with van der Waals surface area (Å²) < 4.78 is 6.32. The summed E-state index contributed by atoms with van der Waals surface area (Å²) in [5.74, 6) is 1.69. The van der Waals surface area contributed by atoms with Crippen LogP contribution in [0, 0.1) is 31.6 Å². The number of piperidine rings is 1. The number of carbonyl (C=O) groups is 3. The normalized spacial score (nSPS) is 22.3. The third-order valence-corrected chi connectivity index (χ3v) is 9.80. The SMILES string of the molecule is Cc1ccc(OCc2ccc(C(=O)N3CCN(C)C(=O)C3)c(C)c2)c(-c2csc(N3CC4CCC(C3)C4C=O)n2)c1. The zero-order valence-corrected chi connectivity index (χ0v) is 24.7. The number of amides is 2. The maximum Gasteiger partial charge on any atom is 0.254 e. The number of aryl methyl sites for hydroxylation is 2. The standard InChI is InChI=1S/C32H36N4O4S/c1-20-4-9-29(26(12-20)28-19-41-32(33-28)36-14-23-6-7-24(15-36)27(23)17-37)40-18-22-5-8-25(21(2)13-22)31(39)35-11-10-34(3)30(38)16-35/h4-5,8-9,12-13,17,19,23-24,27H,6-7,10-11,14-16,18H2,1-3H3. The number of aldehydes is 1. The molecule has 2 unspecified atom stereocenters. The van der Waals surface area contributed by atoms with E-state index < -0.39 is 0 Å². The summed E-state index contributed by atoms with van der Waals surface area (Å²) in [7, 11) is 1.76. The highest BCUT2D eigenvalue weighted by atomic mass is 32.1. The molecule has 1 aliphatic carbocycles. The van der Waals surface area contributed by atoms with Crippen molar-refractivity contribution in [3.63, 3.8) is 0 Å². The average molecular weight is 573 g/mol. The molecule has 2 aromatic carbocycles. The fourth-order valence-corrected chi connectivity index (χ4v) is 7.31. The van der Waals surface area contributed by atoms with E-state index in [1.165, 1.54) is 6.29 Å². The number of carbonyl (C=O) groups excluding carboxylic acids is 3. The lowest BCUT2D eigenvalue weighted by Crippen LogP contribution is -2.50. The molecule has 0 N–H and O–H groups in total. The van der Waals surface area contributed by atoms with Gasteiger partial charge >= 0.3 is 0 Å². The molecule has 9 heteroatoms. The van der Waals surface area contributed by atoms with E-state index in [4.69, 9.17) is 9.72 Å². The second-order valence-electron chi connectivity index (χ2n) is 11.7. The Morgan fingerprint density at radius 2 is 1.88 bits per heavy atom. The topological polar surface area (TPSA) is 83.0 Å². The molecule has 8 nitrogen and oxygen atoms in total. The number of ether oxygens (including phenoxy) is 1. The Bertz CT molecular complexity index is 1470. The Hall–Kier alpha value is -3.72. The first-order valence-electron chi connectivity index (χ1n) is 14.3. The fraction of sp³-hybridized carbons (Fsp3) is 0.438. The van der Waals surface area contributed by atoms with Crippen molar-refractivity contribution in [2.45, 2.75) is 33.3 Å². The van der Waals surface area contributed by atoms with E-state index in [1.54, 1.807) is 28.2 Å². The van der Waals surface area contributed by atoms with E-state index in [-0.39, 0.29) is 24.3 Å². The molecule has 2 atom stereocenters. The average Bonchev–Trinajstić information content (AvgIpc) is 3.55. The van der Waals surface area contributed by atoms with E-state index in [9.17, 15) is 14.4 Å². The van der Waals surface area contributed by atoms with Crippen LogP contribution in [0.1, 0.15) is 39.9 Å². The maximum absolute atomic E-state index is 13.1. The van der Waals surface area contributed by atoms with E-state index >= 15 is 0 Å². The van der Waals surface area contributed by atoms with Gasteiger partial charge in [-0.05, 0) is 67.9 Å². The first-order valence-corrected chi connectivity index (χ1v) is 15.2. The van der Waals surface area contributed by atoms with Crippen LogP contribution in [0.5, 0.6) is 5.75 Å². The number of aromatic nitrogens is 1. The van der Waals surface area contributed by atoms with Crippen LogP contribution in [0.15, 0.2) is 41.8 Å². The summed E-state index contributed by atoms with van der Waals surface area (Å²) in [5.41, 5.74) is 5.43. The van der Waals surface area contributed by atoms with Crippen molar-refractivity contribution < 1.29 is 19.1 Å². The molecule has 3 heterocycles. The minimum atomic E-state index is -0.111. The van der Waals surface area contributed by atoms with Gasteiger partial charge in [-0.2, -0.15) is 0 Å². The summed E-state index contributed by atoms with van der Waals surface area (Å²) in [6.07, 6.45) is 3.43. The predicted molar refractivity (Wildman–Crippen MR) is 159 cm³/mol. The number of hydrogen-bond acceptors (Lipinski definition) is 7. The van der Waals surface area contributed by atoms with Gasteiger partial charge in [0.15, 0.2) is 5.13 Å². The monoisotopic (exact) mass is 572 g/mol. The van der Waals surface area contributed by atoms with E-state index in [0.29, 0.717) is 37.1 Å². The van der Waals surface area contributed by atoms with Crippen LogP contribution in [0.4, 0.5) is 5.13 Å². The van der Waals surface area contributed by atoms with Crippen molar-refractivity contribution in [3.8, 4) is 17.0 Å². The zero-order chi connectivity index (χ0) is 28.7. The van der Waals surface area contributed by atoms with Gasteiger partial charge < -0.3 is 24.2 Å². The molecule has 2 saturated heterocycles. The minimum Gasteiger partial charge on any atom is -0.488 e. The van der Waals surface area contributed by atoms with Crippen LogP contribution < -0.4 is 9.64 Å². The third-order valence-electron chi connectivity index (χ3n) is 8.90. The fourth-order valence-electron chi connectivity index (χ4n) is 6.46. The largest absolute Gasteiger partial charge is 0.488 e. The first-order chi connectivity index (χ1) is 19.8. The lowest BCUT2D eigenvalue weighted by molar-refractivity contribution is -0.133. The molecular weight excluding hydrogens is 536 g/mol. The number of anilines is 1. The van der Waals surface area contributed by atoms with Gasteiger partial charge in [-0.15, -0.1) is 11.3 Å². The molecule has 6 rings (SSSR count). The molecule has 41 heavy (non-hydrogen) atoms. The van der Waals surface area contributed by atoms with Gasteiger partial charge in [0.1, 0.15) is 25.2 Å². The van der Waals surface area contributed by atoms with Gasteiger partial charge in [0, 0.05) is 55.7 Å². The molecule has 1 saturated carbocycles. The number of rotatable bonds is 7. The van der Waals surface area contributed by atoms with Gasteiger partial charge in [-0.25, -0.2) is 4.98 Å². The molecular formula is C32H36N4O4S. The molecule has 2 aliphatic heterocycles. The van der Waals surface area contributed by atoms with E-state index in [2.05, 4.69) is 23.3 Å². The lowest BCUT2D eigenvalue weighted by Gasteiger charge is -2.35. The molecule has 0 spiro atoms. The smallest absolute Gasteiger partial charge is 0.254 e. The Morgan fingerprint density at radius 1 is 1.10 bits per heavy atom. The van der Waals surface area contributed by atoms with Crippen molar-refractivity contribution in [1.82, 2.24) is 14.8 Å². The van der Waals surface area contributed by atoms with Gasteiger partial charge in [0.25, 0.3) is 5.91 Å². The van der Waals surface area contributed by atoms with Crippen LogP contribution in [-0.4, -0.2) is 72.7 Å². The van der Waals surface area contributed by atoms with Crippen molar-refractivity contribution in [2.24, 2.45) is 17.8 Å². The van der Waals surface area contributed by atoms with Gasteiger partial charge in [0.05, 0.1) is 5.69 Å². The van der Waals surface area contributed by atoms with Gasteiger partial charge in [-0.3, -0.25) is 9.59 Å². The van der Waals surface area contributed by atoms with Crippen LogP contribution >= 0.6 is 11.3 Å². The highest BCUT2D eigenvalue weighted by Crippen LogP contribution is 2.43. The quantitative estimate of drug-likeness (QED) is 0.386. The van der Waals surface area contributed by atoms with Gasteiger partial charge in [0.2, 0.25) is 5.91 Å². The second kappa shape index (κ2) is 11.3. The highest BCUT2D eigenvalue weighted by molar-refractivity contribution is 7.14. The number of thiazole rings is 1. The number of benzene rings is 2. The number of likely N-dealkylation sites (N-methyl/N-ethyl adjacent to an activating group) is 1.